The van der Waals surface area contributed by atoms with Crippen molar-refractivity contribution in [3.63, 3.8) is 0 Å². The highest BCUT2D eigenvalue weighted by atomic mass is 16.5. The molecule has 1 aliphatic carbocycles. The van der Waals surface area contributed by atoms with Crippen LogP contribution in [0.4, 0.5) is 0 Å². The van der Waals surface area contributed by atoms with E-state index in [4.69, 9.17) is 4.74 Å². The van der Waals surface area contributed by atoms with Crippen molar-refractivity contribution in [1.82, 2.24) is 4.90 Å². The largest absolute Gasteiger partial charge is 0.469 e. The van der Waals surface area contributed by atoms with E-state index in [2.05, 4.69) is 6.92 Å². The number of hydrogen-bond acceptors (Lipinski definition) is 3. The van der Waals surface area contributed by atoms with Crippen molar-refractivity contribution in [2.24, 2.45) is 5.92 Å². The number of amides is 1. The van der Waals surface area contributed by atoms with Crippen LogP contribution in [-0.2, 0) is 14.3 Å². The van der Waals surface area contributed by atoms with Crippen molar-refractivity contribution in [2.75, 3.05) is 20.2 Å². The number of carbonyl (C=O) groups is 2. The topological polar surface area (TPSA) is 46.6 Å². The van der Waals surface area contributed by atoms with Crippen LogP contribution in [0.25, 0.3) is 0 Å². The molecule has 1 amide bonds. The molecule has 0 aromatic heterocycles. The van der Waals surface area contributed by atoms with Gasteiger partial charge in [0.2, 0.25) is 5.91 Å². The lowest BCUT2D eigenvalue weighted by molar-refractivity contribution is -0.141. The quantitative estimate of drug-likeness (QED) is 0.420. The molecule has 0 spiro atoms. The summed E-state index contributed by atoms with van der Waals surface area (Å²) in [4.78, 5) is 25.8. The van der Waals surface area contributed by atoms with Crippen molar-refractivity contribution in [3.05, 3.63) is 0 Å². The van der Waals surface area contributed by atoms with Crippen LogP contribution >= 0.6 is 0 Å². The van der Waals surface area contributed by atoms with E-state index in [9.17, 15) is 9.59 Å². The van der Waals surface area contributed by atoms with E-state index in [1.807, 2.05) is 4.90 Å². The average Bonchev–Trinajstić information content (AvgIpc) is 2.59. The maximum Gasteiger partial charge on any atom is 0.307 e. The van der Waals surface area contributed by atoms with Gasteiger partial charge in [-0.2, -0.15) is 0 Å². The smallest absolute Gasteiger partial charge is 0.307 e. The molecule has 23 heavy (non-hydrogen) atoms. The van der Waals surface area contributed by atoms with E-state index < -0.39 is 0 Å². The van der Waals surface area contributed by atoms with Crippen LogP contribution in [0.2, 0.25) is 0 Å². The number of esters is 1. The van der Waals surface area contributed by atoms with Crippen LogP contribution < -0.4 is 0 Å². The molecule has 0 atom stereocenters. The van der Waals surface area contributed by atoms with Crippen molar-refractivity contribution in [3.8, 4) is 0 Å². The lowest BCUT2D eigenvalue weighted by Crippen LogP contribution is -2.34. The SMILES string of the molecule is CCCCCCN(CCC(=O)OC)C(=O)CCC1CCCCC1. The van der Waals surface area contributed by atoms with E-state index >= 15 is 0 Å². The molecule has 0 aromatic rings. The van der Waals surface area contributed by atoms with Crippen LogP contribution in [0.1, 0.15) is 84.0 Å². The first-order valence-electron chi connectivity index (χ1n) is 9.52. The summed E-state index contributed by atoms with van der Waals surface area (Å²) in [6.45, 7) is 3.47. The van der Waals surface area contributed by atoms with Crippen LogP contribution in [-0.4, -0.2) is 37.0 Å². The molecular weight excluding hydrogens is 290 g/mol. The molecule has 134 valence electrons. The van der Waals surface area contributed by atoms with Gasteiger partial charge < -0.3 is 9.64 Å². The minimum absolute atomic E-state index is 0.218. The highest BCUT2D eigenvalue weighted by Crippen LogP contribution is 2.27. The third-order valence-electron chi connectivity index (χ3n) is 4.94. The molecule has 0 aliphatic heterocycles. The molecule has 0 saturated heterocycles. The van der Waals surface area contributed by atoms with E-state index in [0.717, 1.165) is 31.7 Å². The summed E-state index contributed by atoms with van der Waals surface area (Å²) in [5, 5.41) is 0. The van der Waals surface area contributed by atoms with Gasteiger partial charge in [-0.1, -0.05) is 58.3 Å². The summed E-state index contributed by atoms with van der Waals surface area (Å²) in [5.41, 5.74) is 0. The zero-order valence-electron chi connectivity index (χ0n) is 15.1. The van der Waals surface area contributed by atoms with Gasteiger partial charge in [0.1, 0.15) is 0 Å². The van der Waals surface area contributed by atoms with Crippen LogP contribution in [0, 0.1) is 5.92 Å². The average molecular weight is 325 g/mol. The Morgan fingerprint density at radius 3 is 2.39 bits per heavy atom. The molecule has 1 fully saturated rings. The lowest BCUT2D eigenvalue weighted by atomic mass is 9.86. The van der Waals surface area contributed by atoms with Gasteiger partial charge in [0.05, 0.1) is 13.5 Å². The van der Waals surface area contributed by atoms with Gasteiger partial charge in [-0.25, -0.2) is 0 Å². The Hall–Kier alpha value is -1.06. The highest BCUT2D eigenvalue weighted by molar-refractivity contribution is 5.77. The Balaban J connectivity index is 2.36. The minimum Gasteiger partial charge on any atom is -0.469 e. The van der Waals surface area contributed by atoms with Gasteiger partial charge in [-0.15, -0.1) is 0 Å². The summed E-state index contributed by atoms with van der Waals surface area (Å²) in [5.74, 6) is 0.717. The Labute approximate surface area is 141 Å². The van der Waals surface area contributed by atoms with Crippen LogP contribution in [0.5, 0.6) is 0 Å². The normalized spacial score (nSPS) is 15.4. The van der Waals surface area contributed by atoms with Crippen molar-refractivity contribution in [2.45, 2.75) is 84.0 Å². The number of methoxy groups -OCH3 is 1. The van der Waals surface area contributed by atoms with E-state index in [0.29, 0.717) is 19.4 Å². The second-order valence-corrected chi connectivity index (χ2v) is 6.81. The summed E-state index contributed by atoms with van der Waals surface area (Å²) >= 11 is 0. The zero-order valence-corrected chi connectivity index (χ0v) is 15.1. The maximum atomic E-state index is 12.5. The van der Waals surface area contributed by atoms with Crippen LogP contribution in [0.15, 0.2) is 0 Å². The second-order valence-electron chi connectivity index (χ2n) is 6.81. The molecular formula is C19H35NO3. The standard InChI is InChI=1S/C19H35NO3/c1-3-4-5-9-15-20(16-14-19(22)23-2)18(21)13-12-17-10-7-6-8-11-17/h17H,3-16H2,1-2H3. The first-order valence-corrected chi connectivity index (χ1v) is 9.52. The molecule has 1 rings (SSSR count). The number of hydrogen-bond donors (Lipinski definition) is 0. The Morgan fingerprint density at radius 2 is 1.74 bits per heavy atom. The molecule has 1 saturated carbocycles. The Kier molecular flexibility index (Phi) is 10.8. The fourth-order valence-corrected chi connectivity index (χ4v) is 3.38. The summed E-state index contributed by atoms with van der Waals surface area (Å²) in [6, 6.07) is 0. The zero-order chi connectivity index (χ0) is 16.9. The van der Waals surface area contributed by atoms with Gasteiger partial charge in [0, 0.05) is 19.5 Å². The molecule has 4 nitrogen and oxygen atoms in total. The third kappa shape index (κ3) is 8.97. The van der Waals surface area contributed by atoms with Gasteiger partial charge in [-0.05, 0) is 18.8 Å². The van der Waals surface area contributed by atoms with E-state index in [-0.39, 0.29) is 11.9 Å². The first-order chi connectivity index (χ1) is 11.2. The molecule has 4 heteroatoms. The van der Waals surface area contributed by atoms with E-state index in [1.165, 1.54) is 52.1 Å². The number of nitrogens with zero attached hydrogens (tertiary/aromatic N) is 1. The third-order valence-corrected chi connectivity index (χ3v) is 4.94. The van der Waals surface area contributed by atoms with E-state index in [1.54, 1.807) is 0 Å². The number of carbonyl (C=O) groups excluding carboxylic acids is 2. The summed E-state index contributed by atoms with van der Waals surface area (Å²) < 4.78 is 4.70. The molecule has 0 bridgehead atoms. The van der Waals surface area contributed by atoms with Gasteiger partial charge in [-0.3, -0.25) is 9.59 Å². The number of ether oxygens (including phenoxy) is 1. The monoisotopic (exact) mass is 325 g/mol. The predicted molar refractivity (Wildman–Crippen MR) is 93.2 cm³/mol. The number of unbranched alkanes of at least 4 members (excludes halogenated alkanes) is 3. The molecule has 0 unspecified atom stereocenters. The maximum absolute atomic E-state index is 12.5. The Bertz CT molecular complexity index is 338. The van der Waals surface area contributed by atoms with Gasteiger partial charge in [0.15, 0.2) is 0 Å². The Morgan fingerprint density at radius 1 is 1.00 bits per heavy atom. The lowest BCUT2D eigenvalue weighted by Gasteiger charge is -2.25. The fourth-order valence-electron chi connectivity index (χ4n) is 3.38. The number of rotatable bonds is 11. The minimum atomic E-state index is -0.233. The molecule has 0 aromatic carbocycles. The molecule has 0 radical (unpaired) electrons. The van der Waals surface area contributed by atoms with Gasteiger partial charge >= 0.3 is 5.97 Å². The molecule has 1 aliphatic rings. The van der Waals surface area contributed by atoms with Crippen LogP contribution in [0.3, 0.4) is 0 Å². The summed E-state index contributed by atoms with van der Waals surface area (Å²) in [6.07, 6.45) is 13.1. The highest BCUT2D eigenvalue weighted by Gasteiger charge is 2.18. The molecule has 0 N–H and O–H groups in total. The summed E-state index contributed by atoms with van der Waals surface area (Å²) in [7, 11) is 1.40. The first kappa shape index (κ1) is 20.0. The van der Waals surface area contributed by atoms with Crippen molar-refractivity contribution < 1.29 is 14.3 Å². The molecule has 0 heterocycles. The second kappa shape index (κ2) is 12.4. The van der Waals surface area contributed by atoms with Crippen molar-refractivity contribution >= 4 is 11.9 Å². The fraction of sp³-hybridized carbons (Fsp3) is 0.895. The van der Waals surface area contributed by atoms with Gasteiger partial charge in [0.25, 0.3) is 0 Å². The van der Waals surface area contributed by atoms with Crippen molar-refractivity contribution in [1.29, 1.82) is 0 Å². The predicted octanol–water partition coefficient (Wildman–Crippen LogP) is 4.32.